The van der Waals surface area contributed by atoms with Crippen LogP contribution in [0.1, 0.15) is 18.5 Å². The van der Waals surface area contributed by atoms with Gasteiger partial charge in [0.1, 0.15) is 11.5 Å². The smallest absolute Gasteiger partial charge is 0.230 e. The highest BCUT2D eigenvalue weighted by molar-refractivity contribution is 5.72. The molecule has 1 aliphatic rings. The molecule has 1 aliphatic heterocycles. The van der Waals surface area contributed by atoms with Crippen molar-refractivity contribution in [1.82, 2.24) is 0 Å². The molecular formula is C15H15NO2. The Morgan fingerprint density at radius 2 is 1.83 bits per heavy atom. The van der Waals surface area contributed by atoms with Crippen molar-refractivity contribution in [3.8, 4) is 22.6 Å². The molecule has 3 heteroatoms. The van der Waals surface area contributed by atoms with Crippen molar-refractivity contribution in [2.45, 2.75) is 13.0 Å². The molecule has 0 amide bonds. The molecule has 3 rings (SSSR count). The first-order valence-electron chi connectivity index (χ1n) is 5.99. The third kappa shape index (κ3) is 1.93. The van der Waals surface area contributed by atoms with Crippen molar-refractivity contribution >= 4 is 0 Å². The molecule has 2 N–H and O–H groups in total. The first-order valence-corrected chi connectivity index (χ1v) is 5.99. The fourth-order valence-electron chi connectivity index (χ4n) is 2.08. The van der Waals surface area contributed by atoms with Crippen LogP contribution in [0.25, 0.3) is 11.1 Å². The molecule has 0 spiro atoms. The van der Waals surface area contributed by atoms with E-state index in [1.165, 1.54) is 0 Å². The van der Waals surface area contributed by atoms with E-state index in [0.717, 1.165) is 28.2 Å². The van der Waals surface area contributed by atoms with Gasteiger partial charge in [0.25, 0.3) is 0 Å². The monoisotopic (exact) mass is 241 g/mol. The van der Waals surface area contributed by atoms with Gasteiger partial charge in [-0.1, -0.05) is 24.3 Å². The Hall–Kier alpha value is -2.00. The van der Waals surface area contributed by atoms with Crippen molar-refractivity contribution in [2.75, 3.05) is 6.79 Å². The van der Waals surface area contributed by atoms with Crippen LogP contribution >= 0.6 is 0 Å². The summed E-state index contributed by atoms with van der Waals surface area (Å²) in [6.07, 6.45) is 0. The topological polar surface area (TPSA) is 44.5 Å². The molecule has 92 valence electrons. The summed E-state index contributed by atoms with van der Waals surface area (Å²) in [6.45, 7) is 2.26. The van der Waals surface area contributed by atoms with E-state index in [-0.39, 0.29) is 12.8 Å². The molecule has 3 nitrogen and oxygen atoms in total. The van der Waals surface area contributed by atoms with Crippen LogP contribution in [0.15, 0.2) is 42.5 Å². The molecule has 1 atom stereocenters. The Labute approximate surface area is 106 Å². The van der Waals surface area contributed by atoms with Gasteiger partial charge in [-0.25, -0.2) is 0 Å². The lowest BCUT2D eigenvalue weighted by Gasteiger charge is -2.19. The second kappa shape index (κ2) is 4.35. The van der Waals surface area contributed by atoms with E-state index in [0.29, 0.717) is 0 Å². The van der Waals surface area contributed by atoms with Crippen molar-refractivity contribution < 1.29 is 9.47 Å². The van der Waals surface area contributed by atoms with Gasteiger partial charge in [-0.05, 0) is 30.2 Å². The summed E-state index contributed by atoms with van der Waals surface area (Å²) in [7, 11) is 0. The minimum atomic E-state index is 0.0597. The predicted octanol–water partition coefficient (Wildman–Crippen LogP) is 3.10. The number of benzene rings is 2. The third-order valence-corrected chi connectivity index (χ3v) is 3.14. The van der Waals surface area contributed by atoms with E-state index in [9.17, 15) is 0 Å². The summed E-state index contributed by atoms with van der Waals surface area (Å²) in [4.78, 5) is 0. The maximum absolute atomic E-state index is 5.85. The van der Waals surface area contributed by atoms with Crippen LogP contribution in [0.5, 0.6) is 11.5 Å². The SMILES string of the molecule is CC(N)c1ccc(-c2ccc3cc2OCO3)cc1. The van der Waals surface area contributed by atoms with Gasteiger partial charge < -0.3 is 15.2 Å². The highest BCUT2D eigenvalue weighted by Gasteiger charge is 2.12. The number of fused-ring (bicyclic) bond motifs is 2. The fourth-order valence-corrected chi connectivity index (χ4v) is 2.08. The zero-order chi connectivity index (χ0) is 12.5. The van der Waals surface area contributed by atoms with Crippen molar-refractivity contribution in [1.29, 1.82) is 0 Å². The van der Waals surface area contributed by atoms with Gasteiger partial charge in [0, 0.05) is 17.7 Å². The van der Waals surface area contributed by atoms with Gasteiger partial charge in [0.15, 0.2) is 0 Å². The lowest BCUT2D eigenvalue weighted by atomic mass is 10.0. The van der Waals surface area contributed by atoms with Crippen LogP contribution in [0, 0.1) is 0 Å². The molecule has 0 saturated carbocycles. The molecule has 18 heavy (non-hydrogen) atoms. The van der Waals surface area contributed by atoms with Crippen LogP contribution in [-0.2, 0) is 0 Å². The quantitative estimate of drug-likeness (QED) is 0.878. The van der Waals surface area contributed by atoms with Crippen molar-refractivity contribution in [3.05, 3.63) is 48.0 Å². The molecule has 1 heterocycles. The van der Waals surface area contributed by atoms with E-state index in [1.807, 2.05) is 25.1 Å². The van der Waals surface area contributed by atoms with Gasteiger partial charge in [0.05, 0.1) is 0 Å². The zero-order valence-corrected chi connectivity index (χ0v) is 10.2. The minimum Gasteiger partial charge on any atom is -0.457 e. The molecule has 0 saturated heterocycles. The molecule has 2 bridgehead atoms. The van der Waals surface area contributed by atoms with Crippen LogP contribution in [-0.4, -0.2) is 6.79 Å². The molecule has 0 fully saturated rings. The Morgan fingerprint density at radius 1 is 1.06 bits per heavy atom. The lowest BCUT2D eigenvalue weighted by Crippen LogP contribution is -2.10. The normalized spacial score (nSPS) is 14.6. The fraction of sp³-hybridized carbons (Fsp3) is 0.200. The number of hydrogen-bond donors (Lipinski definition) is 1. The second-order valence-corrected chi connectivity index (χ2v) is 4.48. The van der Waals surface area contributed by atoms with Gasteiger partial charge in [-0.2, -0.15) is 0 Å². The maximum Gasteiger partial charge on any atom is 0.230 e. The number of hydrogen-bond acceptors (Lipinski definition) is 3. The summed E-state index contributed by atoms with van der Waals surface area (Å²) in [5.74, 6) is 1.72. The first-order chi connectivity index (χ1) is 8.74. The van der Waals surface area contributed by atoms with Crippen LogP contribution in [0.2, 0.25) is 0 Å². The third-order valence-electron chi connectivity index (χ3n) is 3.14. The molecule has 0 aromatic heterocycles. The van der Waals surface area contributed by atoms with E-state index < -0.39 is 0 Å². The molecular weight excluding hydrogens is 226 g/mol. The van der Waals surface area contributed by atoms with E-state index >= 15 is 0 Å². The highest BCUT2D eigenvalue weighted by atomic mass is 16.7. The van der Waals surface area contributed by atoms with Gasteiger partial charge in [-0.15, -0.1) is 0 Å². The largest absolute Gasteiger partial charge is 0.457 e. The van der Waals surface area contributed by atoms with Gasteiger partial charge in [-0.3, -0.25) is 0 Å². The van der Waals surface area contributed by atoms with Crippen LogP contribution < -0.4 is 15.2 Å². The Kier molecular flexibility index (Phi) is 2.68. The average molecular weight is 241 g/mol. The minimum absolute atomic E-state index is 0.0597. The molecule has 0 aliphatic carbocycles. The standard InChI is InChI=1S/C15H15NO2/c1-10(16)11-2-4-12(5-3-11)14-7-6-13-8-15(14)18-9-17-13/h2-8,10H,9,16H2,1H3. The summed E-state index contributed by atoms with van der Waals surface area (Å²) in [6, 6.07) is 14.2. The summed E-state index contributed by atoms with van der Waals surface area (Å²) in [5, 5.41) is 0. The summed E-state index contributed by atoms with van der Waals surface area (Å²) >= 11 is 0. The molecule has 2 aromatic carbocycles. The van der Waals surface area contributed by atoms with Crippen molar-refractivity contribution in [2.24, 2.45) is 5.73 Å². The Balaban J connectivity index is 2.00. The van der Waals surface area contributed by atoms with Crippen LogP contribution in [0.3, 0.4) is 0 Å². The molecule has 0 radical (unpaired) electrons. The van der Waals surface area contributed by atoms with E-state index in [4.69, 9.17) is 15.2 Å². The zero-order valence-electron chi connectivity index (χ0n) is 10.2. The predicted molar refractivity (Wildman–Crippen MR) is 70.6 cm³/mol. The Bertz CT molecular complexity index is 561. The van der Waals surface area contributed by atoms with Gasteiger partial charge >= 0.3 is 0 Å². The summed E-state index contributed by atoms with van der Waals surface area (Å²) < 4.78 is 10.8. The number of nitrogens with two attached hydrogens (primary N) is 1. The van der Waals surface area contributed by atoms with Crippen molar-refractivity contribution in [3.63, 3.8) is 0 Å². The van der Waals surface area contributed by atoms with E-state index in [2.05, 4.69) is 24.3 Å². The Morgan fingerprint density at radius 3 is 2.56 bits per heavy atom. The van der Waals surface area contributed by atoms with E-state index in [1.54, 1.807) is 0 Å². The number of rotatable bonds is 2. The molecule has 2 aromatic rings. The highest BCUT2D eigenvalue weighted by Crippen LogP contribution is 2.35. The number of ether oxygens (including phenoxy) is 2. The second-order valence-electron chi connectivity index (χ2n) is 4.48. The van der Waals surface area contributed by atoms with Crippen LogP contribution in [0.4, 0.5) is 0 Å². The average Bonchev–Trinajstić information content (AvgIpc) is 2.39. The van der Waals surface area contributed by atoms with Gasteiger partial charge in [0.2, 0.25) is 6.79 Å². The summed E-state index contributed by atoms with van der Waals surface area (Å²) in [5.41, 5.74) is 9.19. The maximum atomic E-state index is 5.85. The molecule has 1 unspecified atom stereocenters. The first kappa shape index (κ1) is 11.1. The lowest BCUT2D eigenvalue weighted by molar-refractivity contribution is 0.106.